The first-order valence-corrected chi connectivity index (χ1v) is 11.6. The van der Waals surface area contributed by atoms with Gasteiger partial charge in [-0.3, -0.25) is 9.10 Å². The molecule has 0 bridgehead atoms. The summed E-state index contributed by atoms with van der Waals surface area (Å²) in [5.74, 6) is 0.105. The molecule has 1 atom stereocenters. The highest BCUT2D eigenvalue weighted by Gasteiger charge is 2.34. The van der Waals surface area contributed by atoms with Crippen molar-refractivity contribution in [2.45, 2.75) is 18.9 Å². The van der Waals surface area contributed by atoms with Crippen molar-refractivity contribution >= 4 is 27.3 Å². The highest BCUT2D eigenvalue weighted by Crippen LogP contribution is 2.34. The molecule has 2 heterocycles. The maximum absolute atomic E-state index is 12.6. The first kappa shape index (κ1) is 19.6. The van der Waals surface area contributed by atoms with Crippen LogP contribution in [-0.4, -0.2) is 52.9 Å². The highest BCUT2D eigenvalue weighted by molar-refractivity contribution is 7.92. The molecule has 0 spiro atoms. The molecule has 2 aromatic carbocycles. The fraction of sp³-hybridized carbons (Fsp3) is 0.381. The molecule has 2 aromatic rings. The van der Waals surface area contributed by atoms with Gasteiger partial charge in [0.1, 0.15) is 5.75 Å². The molecule has 0 radical (unpaired) electrons. The second-order valence-corrected chi connectivity index (χ2v) is 9.29. The van der Waals surface area contributed by atoms with Crippen LogP contribution in [0.25, 0.3) is 0 Å². The average molecular weight is 416 g/mol. The molecule has 0 aliphatic carbocycles. The minimum absolute atomic E-state index is 0.0266. The van der Waals surface area contributed by atoms with E-state index >= 15 is 0 Å². The number of anilines is 2. The van der Waals surface area contributed by atoms with E-state index in [0.29, 0.717) is 18.0 Å². The zero-order valence-electron chi connectivity index (χ0n) is 16.4. The van der Waals surface area contributed by atoms with Gasteiger partial charge in [-0.1, -0.05) is 30.3 Å². The maximum atomic E-state index is 12.6. The Hall–Kier alpha value is -2.74. The normalized spacial score (nSPS) is 18.0. The highest BCUT2D eigenvalue weighted by atomic mass is 32.2. The summed E-state index contributed by atoms with van der Waals surface area (Å²) in [6.07, 6.45) is 2.13. The van der Waals surface area contributed by atoms with Gasteiger partial charge in [0.15, 0.2) is 6.10 Å². The van der Waals surface area contributed by atoms with Crippen LogP contribution in [-0.2, 0) is 21.2 Å². The third-order valence-corrected chi connectivity index (χ3v) is 6.46. The molecular formula is C21H25N3O4S. The largest absolute Gasteiger partial charge is 0.476 e. The van der Waals surface area contributed by atoms with E-state index in [9.17, 15) is 13.2 Å². The summed E-state index contributed by atoms with van der Waals surface area (Å²) in [4.78, 5) is 14.9. The van der Waals surface area contributed by atoms with E-state index in [2.05, 4.69) is 28.4 Å². The van der Waals surface area contributed by atoms with Crippen molar-refractivity contribution in [2.75, 3.05) is 41.6 Å². The lowest BCUT2D eigenvalue weighted by molar-refractivity contribution is -0.127. The molecule has 7 nitrogen and oxygen atoms in total. The summed E-state index contributed by atoms with van der Waals surface area (Å²) in [5, 5.41) is 2.89. The van der Waals surface area contributed by atoms with Crippen molar-refractivity contribution in [3.8, 4) is 5.75 Å². The summed E-state index contributed by atoms with van der Waals surface area (Å²) < 4.78 is 31.3. The molecule has 29 heavy (non-hydrogen) atoms. The van der Waals surface area contributed by atoms with Gasteiger partial charge in [-0.05, 0) is 36.6 Å². The van der Waals surface area contributed by atoms with E-state index in [0.717, 1.165) is 32.2 Å². The number of benzene rings is 2. The second kappa shape index (κ2) is 7.94. The second-order valence-electron chi connectivity index (χ2n) is 7.38. The Morgan fingerprint density at radius 3 is 2.66 bits per heavy atom. The quantitative estimate of drug-likeness (QED) is 0.728. The summed E-state index contributed by atoms with van der Waals surface area (Å²) in [7, 11) is -3.50. The van der Waals surface area contributed by atoms with E-state index < -0.39 is 16.1 Å². The molecule has 1 amide bonds. The Morgan fingerprint density at radius 2 is 1.86 bits per heavy atom. The molecule has 0 aromatic heterocycles. The van der Waals surface area contributed by atoms with Crippen LogP contribution in [0.1, 0.15) is 12.0 Å². The molecule has 8 heteroatoms. The number of nitrogens with one attached hydrogen (secondary N) is 1. The zero-order chi connectivity index (χ0) is 20.4. The number of ether oxygens (including phenoxy) is 1. The summed E-state index contributed by atoms with van der Waals surface area (Å²) in [6.45, 7) is 2.35. The number of carbonyl (C=O) groups is 1. The Balaban J connectivity index is 1.32. The third-order valence-electron chi connectivity index (χ3n) is 5.31. The van der Waals surface area contributed by atoms with Gasteiger partial charge in [0.05, 0.1) is 18.5 Å². The van der Waals surface area contributed by atoms with Crippen molar-refractivity contribution in [1.82, 2.24) is 5.32 Å². The van der Waals surface area contributed by atoms with Gasteiger partial charge in [-0.25, -0.2) is 8.42 Å². The molecule has 1 unspecified atom stereocenters. The van der Waals surface area contributed by atoms with Crippen molar-refractivity contribution in [1.29, 1.82) is 0 Å². The van der Waals surface area contributed by atoms with Gasteiger partial charge in [-0.2, -0.15) is 0 Å². The van der Waals surface area contributed by atoms with Crippen molar-refractivity contribution in [3.63, 3.8) is 0 Å². The monoisotopic (exact) mass is 415 g/mol. The molecule has 0 fully saturated rings. The van der Waals surface area contributed by atoms with E-state index in [1.54, 1.807) is 24.3 Å². The molecule has 2 aliphatic heterocycles. The van der Waals surface area contributed by atoms with E-state index in [1.165, 1.54) is 15.6 Å². The Labute approximate surface area is 171 Å². The predicted octanol–water partition coefficient (Wildman–Crippen LogP) is 1.78. The SMILES string of the molecule is CS(=O)(=O)N1CC(C(=O)NCCCN2CCc3ccccc32)Oc2ccccc21. The number of fused-ring (bicyclic) bond motifs is 2. The molecular weight excluding hydrogens is 390 g/mol. The van der Waals surface area contributed by atoms with Gasteiger partial charge >= 0.3 is 0 Å². The number of carbonyl (C=O) groups excluding carboxylic acids is 1. The fourth-order valence-corrected chi connectivity index (χ4v) is 4.80. The molecule has 1 N–H and O–H groups in total. The lowest BCUT2D eigenvalue weighted by atomic mass is 10.2. The van der Waals surface area contributed by atoms with E-state index in [4.69, 9.17) is 4.74 Å². The van der Waals surface area contributed by atoms with Gasteiger partial charge in [-0.15, -0.1) is 0 Å². The number of hydrogen-bond acceptors (Lipinski definition) is 5. The van der Waals surface area contributed by atoms with Crippen LogP contribution in [0, 0.1) is 0 Å². The van der Waals surface area contributed by atoms with Crippen LogP contribution in [0.5, 0.6) is 5.75 Å². The standard InChI is InChI=1S/C21H25N3O4S/c1-29(26,27)24-15-20(28-19-10-5-4-9-18(19)24)21(25)22-12-6-13-23-14-11-16-7-2-3-8-17(16)23/h2-5,7-10,20H,6,11-15H2,1H3,(H,22,25). The third kappa shape index (κ3) is 4.17. The van der Waals surface area contributed by atoms with Gasteiger partial charge < -0.3 is 15.0 Å². The van der Waals surface area contributed by atoms with Gasteiger partial charge in [0.25, 0.3) is 5.91 Å². The maximum Gasteiger partial charge on any atom is 0.263 e. The first-order chi connectivity index (χ1) is 13.9. The number of nitrogens with zero attached hydrogens (tertiary/aromatic N) is 2. The van der Waals surface area contributed by atoms with Crippen LogP contribution in [0.15, 0.2) is 48.5 Å². The average Bonchev–Trinajstić information content (AvgIpc) is 3.12. The minimum Gasteiger partial charge on any atom is -0.476 e. The lowest BCUT2D eigenvalue weighted by Gasteiger charge is -2.33. The minimum atomic E-state index is -3.50. The molecule has 0 saturated heterocycles. The smallest absolute Gasteiger partial charge is 0.263 e. The molecule has 4 rings (SSSR count). The van der Waals surface area contributed by atoms with Crippen LogP contribution < -0.4 is 19.3 Å². The number of sulfonamides is 1. The van der Waals surface area contributed by atoms with E-state index in [-0.39, 0.29) is 12.5 Å². The lowest BCUT2D eigenvalue weighted by Crippen LogP contribution is -2.50. The predicted molar refractivity (Wildman–Crippen MR) is 113 cm³/mol. The van der Waals surface area contributed by atoms with E-state index in [1.807, 2.05) is 6.07 Å². The molecule has 154 valence electrons. The summed E-state index contributed by atoms with van der Waals surface area (Å²) in [6, 6.07) is 15.3. The van der Waals surface area contributed by atoms with Crippen LogP contribution in [0.4, 0.5) is 11.4 Å². The fourth-order valence-electron chi connectivity index (χ4n) is 3.89. The van der Waals surface area contributed by atoms with Gasteiger partial charge in [0, 0.05) is 25.3 Å². The zero-order valence-corrected chi connectivity index (χ0v) is 17.2. The van der Waals surface area contributed by atoms with Gasteiger partial charge in [0.2, 0.25) is 10.0 Å². The summed E-state index contributed by atoms with van der Waals surface area (Å²) in [5.41, 5.74) is 3.10. The topological polar surface area (TPSA) is 79.0 Å². The van der Waals surface area contributed by atoms with Crippen LogP contribution in [0.3, 0.4) is 0 Å². The van der Waals surface area contributed by atoms with Crippen molar-refractivity contribution in [3.05, 3.63) is 54.1 Å². The van der Waals surface area contributed by atoms with Crippen LogP contribution >= 0.6 is 0 Å². The Bertz CT molecular complexity index is 1010. The molecule has 2 aliphatic rings. The number of amides is 1. The number of rotatable bonds is 6. The molecule has 0 saturated carbocycles. The summed E-state index contributed by atoms with van der Waals surface area (Å²) >= 11 is 0. The number of para-hydroxylation sites is 3. The number of hydrogen-bond donors (Lipinski definition) is 1. The van der Waals surface area contributed by atoms with Crippen molar-refractivity contribution < 1.29 is 17.9 Å². The van der Waals surface area contributed by atoms with Crippen LogP contribution in [0.2, 0.25) is 0 Å². The Kier molecular flexibility index (Phi) is 5.36. The Morgan fingerprint density at radius 1 is 1.14 bits per heavy atom. The first-order valence-electron chi connectivity index (χ1n) is 9.77. The van der Waals surface area contributed by atoms with Crippen molar-refractivity contribution in [2.24, 2.45) is 0 Å².